The van der Waals surface area contributed by atoms with Gasteiger partial charge in [0.1, 0.15) is 0 Å². The van der Waals surface area contributed by atoms with Crippen LogP contribution < -0.4 is 5.32 Å². The Labute approximate surface area is 248 Å². The van der Waals surface area contributed by atoms with E-state index in [0.717, 1.165) is 23.4 Å². The molecule has 0 aliphatic heterocycles. The topological polar surface area (TPSA) is 76.1 Å². The van der Waals surface area contributed by atoms with E-state index in [1.165, 1.54) is 0 Å². The van der Waals surface area contributed by atoms with Crippen molar-refractivity contribution in [3.05, 3.63) is 167 Å². The van der Waals surface area contributed by atoms with Gasteiger partial charge in [0, 0.05) is 45.4 Å². The number of pyridine rings is 1. The molecule has 1 amide bonds. The normalized spacial score (nSPS) is 9.81. The molecule has 0 radical (unpaired) electrons. The number of hydrogen-bond acceptors (Lipinski definition) is 4. The third-order valence-electron chi connectivity index (χ3n) is 6.21. The van der Waals surface area contributed by atoms with Crippen LogP contribution in [0.1, 0.15) is 74.2 Å². The van der Waals surface area contributed by atoms with Crippen molar-refractivity contribution in [1.82, 2.24) is 4.98 Å². The molecule has 42 heavy (non-hydrogen) atoms. The molecular weight excluding hydrogens is 520 g/mol. The molecule has 1 heterocycles. The van der Waals surface area contributed by atoms with E-state index in [1.54, 1.807) is 42.6 Å². The number of aromatic nitrogens is 1. The van der Waals surface area contributed by atoms with E-state index in [9.17, 15) is 14.4 Å². The minimum absolute atomic E-state index is 0.0238. The molecule has 5 heteroatoms. The van der Waals surface area contributed by atoms with Gasteiger partial charge in [-0.2, -0.15) is 0 Å². The molecule has 212 valence electrons. The van der Waals surface area contributed by atoms with Gasteiger partial charge < -0.3 is 5.32 Å². The molecule has 0 saturated carbocycles. The molecule has 0 bridgehead atoms. The quantitative estimate of drug-likeness (QED) is 0.204. The molecular formula is C37H36N2O3. The van der Waals surface area contributed by atoms with Gasteiger partial charge in [-0.1, -0.05) is 106 Å². The number of ketones is 2. The van der Waals surface area contributed by atoms with Crippen molar-refractivity contribution in [2.45, 2.75) is 34.1 Å². The molecule has 5 rings (SSSR count). The Hall–Kier alpha value is -5.16. The van der Waals surface area contributed by atoms with Gasteiger partial charge >= 0.3 is 0 Å². The third kappa shape index (κ3) is 8.93. The van der Waals surface area contributed by atoms with Gasteiger partial charge in [-0.3, -0.25) is 19.4 Å². The van der Waals surface area contributed by atoms with Crippen LogP contribution in [-0.4, -0.2) is 22.5 Å². The van der Waals surface area contributed by atoms with E-state index in [0.29, 0.717) is 27.8 Å². The fourth-order valence-corrected chi connectivity index (χ4v) is 3.98. The molecule has 0 aliphatic carbocycles. The lowest BCUT2D eigenvalue weighted by Gasteiger charge is -2.07. The predicted octanol–water partition coefficient (Wildman–Crippen LogP) is 8.38. The van der Waals surface area contributed by atoms with Gasteiger partial charge in [-0.05, 0) is 55.3 Å². The number of rotatable bonds is 7. The molecule has 0 saturated heterocycles. The molecule has 0 fully saturated rings. The highest BCUT2D eigenvalue weighted by atomic mass is 16.1. The zero-order valence-corrected chi connectivity index (χ0v) is 24.5. The van der Waals surface area contributed by atoms with Crippen molar-refractivity contribution in [3.8, 4) is 0 Å². The van der Waals surface area contributed by atoms with Gasteiger partial charge in [0.25, 0.3) is 5.91 Å². The lowest BCUT2D eigenvalue weighted by atomic mass is 10.0. The Kier molecular flexibility index (Phi) is 12.1. The fraction of sp³-hybridized carbons (Fsp3) is 0.135. The molecule has 0 spiro atoms. The molecule has 0 atom stereocenters. The first kappa shape index (κ1) is 31.4. The Morgan fingerprint density at radius 3 is 1.60 bits per heavy atom. The van der Waals surface area contributed by atoms with E-state index in [-0.39, 0.29) is 17.5 Å². The average molecular weight is 557 g/mol. The summed E-state index contributed by atoms with van der Waals surface area (Å²) in [6, 6.07) is 36.4. The number of hydrogen-bond donors (Lipinski definition) is 1. The van der Waals surface area contributed by atoms with E-state index in [1.807, 2.05) is 113 Å². The minimum atomic E-state index is -0.195. The SMILES string of the molecule is CC.CCc1ccc(C(=O)c2ccccc2)cn1.Cc1cccc(NC(=O)c2ccc(C(=O)c3ccccc3)cc2)c1. The van der Waals surface area contributed by atoms with Gasteiger partial charge in [0.05, 0.1) is 0 Å². The largest absolute Gasteiger partial charge is 0.322 e. The maximum atomic E-state index is 12.4. The summed E-state index contributed by atoms with van der Waals surface area (Å²) in [5, 5.41) is 2.86. The molecule has 5 aromatic rings. The minimum Gasteiger partial charge on any atom is -0.322 e. The second kappa shape index (κ2) is 16.2. The second-order valence-corrected chi connectivity index (χ2v) is 9.18. The summed E-state index contributed by atoms with van der Waals surface area (Å²) >= 11 is 0. The number of anilines is 1. The summed E-state index contributed by atoms with van der Waals surface area (Å²) in [6.07, 6.45) is 2.54. The van der Waals surface area contributed by atoms with Crippen LogP contribution in [0.25, 0.3) is 0 Å². The molecule has 0 unspecified atom stereocenters. The number of carbonyl (C=O) groups is 3. The van der Waals surface area contributed by atoms with Crippen molar-refractivity contribution in [1.29, 1.82) is 0 Å². The number of nitrogens with zero attached hydrogens (tertiary/aromatic N) is 1. The van der Waals surface area contributed by atoms with Gasteiger partial charge in [0.2, 0.25) is 0 Å². The summed E-state index contributed by atoms with van der Waals surface area (Å²) < 4.78 is 0. The van der Waals surface area contributed by atoms with Gasteiger partial charge in [0.15, 0.2) is 11.6 Å². The lowest BCUT2D eigenvalue weighted by Crippen LogP contribution is -2.12. The van der Waals surface area contributed by atoms with Crippen LogP contribution in [0.3, 0.4) is 0 Å². The van der Waals surface area contributed by atoms with Crippen molar-refractivity contribution in [2.24, 2.45) is 0 Å². The first-order chi connectivity index (χ1) is 20.4. The summed E-state index contributed by atoms with van der Waals surface area (Å²) in [4.78, 5) is 40.9. The zero-order valence-electron chi connectivity index (χ0n) is 24.5. The molecule has 1 N–H and O–H groups in total. The molecule has 0 aliphatic rings. The highest BCUT2D eigenvalue weighted by Crippen LogP contribution is 2.14. The maximum absolute atomic E-state index is 12.4. The fourth-order valence-electron chi connectivity index (χ4n) is 3.98. The number of amides is 1. The van der Waals surface area contributed by atoms with E-state index in [2.05, 4.69) is 10.3 Å². The Bertz CT molecular complexity index is 1580. The van der Waals surface area contributed by atoms with Crippen LogP contribution in [0.15, 0.2) is 128 Å². The van der Waals surface area contributed by atoms with Crippen LogP contribution in [-0.2, 0) is 6.42 Å². The van der Waals surface area contributed by atoms with Crippen LogP contribution in [0.2, 0.25) is 0 Å². The summed E-state index contributed by atoms with van der Waals surface area (Å²) in [6.45, 7) is 8.01. The van der Waals surface area contributed by atoms with E-state index < -0.39 is 0 Å². The highest BCUT2D eigenvalue weighted by Gasteiger charge is 2.11. The number of benzene rings is 4. The third-order valence-corrected chi connectivity index (χ3v) is 6.21. The average Bonchev–Trinajstić information content (AvgIpc) is 3.06. The Morgan fingerprint density at radius 1 is 0.595 bits per heavy atom. The molecule has 1 aromatic heterocycles. The van der Waals surface area contributed by atoms with Crippen molar-refractivity contribution in [2.75, 3.05) is 5.32 Å². The van der Waals surface area contributed by atoms with Crippen molar-refractivity contribution >= 4 is 23.2 Å². The maximum Gasteiger partial charge on any atom is 0.255 e. The standard InChI is InChI=1S/C21H17NO2.C14H13NO.C2H6/c1-15-6-5-9-19(14-15)22-21(24)18-12-10-17(11-13-18)20(23)16-7-3-2-4-8-16;1-2-13-9-8-12(10-15-13)14(16)11-6-4-3-5-7-11;1-2/h2-14H,1H3,(H,22,24);3-10H,2H2,1H3;1-2H3. The summed E-state index contributed by atoms with van der Waals surface area (Å²) in [7, 11) is 0. The number of carbonyl (C=O) groups excluding carboxylic acids is 3. The van der Waals surface area contributed by atoms with Crippen LogP contribution in [0, 0.1) is 6.92 Å². The van der Waals surface area contributed by atoms with Crippen molar-refractivity contribution < 1.29 is 14.4 Å². The van der Waals surface area contributed by atoms with Crippen molar-refractivity contribution in [3.63, 3.8) is 0 Å². The van der Waals surface area contributed by atoms with Crippen LogP contribution in [0.5, 0.6) is 0 Å². The molecule has 4 aromatic carbocycles. The molecule has 5 nitrogen and oxygen atoms in total. The van der Waals surface area contributed by atoms with Gasteiger partial charge in [-0.15, -0.1) is 0 Å². The summed E-state index contributed by atoms with van der Waals surface area (Å²) in [5.74, 6) is -0.226. The zero-order chi connectivity index (χ0) is 30.3. The first-order valence-electron chi connectivity index (χ1n) is 14.1. The highest BCUT2D eigenvalue weighted by molar-refractivity contribution is 6.10. The van der Waals surface area contributed by atoms with Gasteiger partial charge in [-0.25, -0.2) is 0 Å². The predicted molar refractivity (Wildman–Crippen MR) is 170 cm³/mol. The first-order valence-corrected chi connectivity index (χ1v) is 14.1. The van der Waals surface area contributed by atoms with Crippen LogP contribution in [0.4, 0.5) is 5.69 Å². The van der Waals surface area contributed by atoms with E-state index >= 15 is 0 Å². The van der Waals surface area contributed by atoms with Crippen LogP contribution >= 0.6 is 0 Å². The second-order valence-electron chi connectivity index (χ2n) is 9.18. The van der Waals surface area contributed by atoms with E-state index in [4.69, 9.17) is 0 Å². The number of aryl methyl sites for hydroxylation is 2. The Balaban J connectivity index is 0.000000234. The monoisotopic (exact) mass is 556 g/mol. The number of nitrogens with one attached hydrogen (secondary N) is 1. The smallest absolute Gasteiger partial charge is 0.255 e. The lowest BCUT2D eigenvalue weighted by molar-refractivity contribution is 0.101. The summed E-state index contributed by atoms with van der Waals surface area (Å²) in [5.41, 5.74) is 5.89. The Morgan fingerprint density at radius 2 is 1.10 bits per heavy atom.